The van der Waals surface area contributed by atoms with Crippen LogP contribution in [0.2, 0.25) is 0 Å². The lowest BCUT2D eigenvalue weighted by molar-refractivity contribution is 0.0727. The van der Waals surface area contributed by atoms with E-state index in [2.05, 4.69) is 20.6 Å². The normalized spacial score (nSPS) is 22.5. The van der Waals surface area contributed by atoms with Crippen molar-refractivity contribution in [2.45, 2.75) is 24.9 Å². The minimum atomic E-state index is -0.0226. The smallest absolute Gasteiger partial charge is 0.276 e. The van der Waals surface area contributed by atoms with Crippen LogP contribution >= 0.6 is 0 Å². The molecule has 21 heavy (non-hydrogen) atoms. The maximum atomic E-state index is 12.7. The summed E-state index contributed by atoms with van der Waals surface area (Å²) >= 11 is 0. The van der Waals surface area contributed by atoms with E-state index >= 15 is 0 Å². The highest BCUT2D eigenvalue weighted by molar-refractivity contribution is 5.92. The molecule has 2 aromatic heterocycles. The van der Waals surface area contributed by atoms with E-state index in [0.717, 1.165) is 38.2 Å². The zero-order chi connectivity index (χ0) is 14.2. The van der Waals surface area contributed by atoms with Crippen LogP contribution in [0.4, 0.5) is 0 Å². The van der Waals surface area contributed by atoms with Crippen molar-refractivity contribution in [3.63, 3.8) is 0 Å². The van der Waals surface area contributed by atoms with Crippen LogP contribution in [0.1, 0.15) is 41.1 Å². The van der Waals surface area contributed by atoms with Gasteiger partial charge in [0.25, 0.3) is 5.91 Å². The van der Waals surface area contributed by atoms with Gasteiger partial charge in [0.1, 0.15) is 0 Å². The Morgan fingerprint density at radius 1 is 1.38 bits per heavy atom. The number of carbonyl (C=O) groups excluding carboxylic acids is 1. The fourth-order valence-electron chi connectivity index (χ4n) is 3.05. The molecule has 2 fully saturated rings. The number of nitrogens with one attached hydrogen (secondary N) is 2. The Morgan fingerprint density at radius 2 is 2.29 bits per heavy atom. The van der Waals surface area contributed by atoms with Gasteiger partial charge in [0.15, 0.2) is 5.69 Å². The first-order chi connectivity index (χ1) is 10.3. The number of carbonyl (C=O) groups is 1. The van der Waals surface area contributed by atoms with Crippen molar-refractivity contribution in [1.82, 2.24) is 30.2 Å². The van der Waals surface area contributed by atoms with Gasteiger partial charge in [0, 0.05) is 31.5 Å². The molecular weight excluding hydrogens is 268 g/mol. The van der Waals surface area contributed by atoms with Gasteiger partial charge in [-0.05, 0) is 25.0 Å². The second-order valence-corrected chi connectivity index (χ2v) is 5.68. The molecule has 1 unspecified atom stereocenters. The van der Waals surface area contributed by atoms with Crippen LogP contribution in [0, 0.1) is 0 Å². The summed E-state index contributed by atoms with van der Waals surface area (Å²) < 4.78 is 1.80. The molecule has 0 aliphatic carbocycles. The molecule has 7 heteroatoms. The second kappa shape index (κ2) is 5.00. The lowest BCUT2D eigenvalue weighted by Crippen LogP contribution is -2.43. The summed E-state index contributed by atoms with van der Waals surface area (Å²) in [4.78, 5) is 17.8. The molecule has 2 N–H and O–H groups in total. The third-order valence-corrected chi connectivity index (χ3v) is 4.36. The Balaban J connectivity index is 1.54. The van der Waals surface area contributed by atoms with Crippen molar-refractivity contribution in [2.75, 3.05) is 19.6 Å². The monoisotopic (exact) mass is 286 g/mol. The number of aromatic nitrogens is 4. The first-order valence-corrected chi connectivity index (χ1v) is 7.40. The molecule has 2 aliphatic heterocycles. The number of H-pyrrole nitrogens is 1. The van der Waals surface area contributed by atoms with Crippen molar-refractivity contribution in [2.24, 2.45) is 0 Å². The van der Waals surface area contributed by atoms with Gasteiger partial charge >= 0.3 is 0 Å². The summed E-state index contributed by atoms with van der Waals surface area (Å²) in [7, 11) is 0. The van der Waals surface area contributed by atoms with Crippen LogP contribution in [0.3, 0.4) is 0 Å². The average molecular weight is 286 g/mol. The van der Waals surface area contributed by atoms with Gasteiger partial charge in [-0.3, -0.25) is 4.79 Å². The van der Waals surface area contributed by atoms with E-state index in [0.29, 0.717) is 11.7 Å². The molecule has 2 saturated heterocycles. The number of hydrogen-bond donors (Lipinski definition) is 2. The molecule has 1 atom stereocenters. The Hall–Kier alpha value is -2.15. The molecular formula is C14H18N6O. The maximum Gasteiger partial charge on any atom is 0.276 e. The first kappa shape index (κ1) is 12.6. The quantitative estimate of drug-likeness (QED) is 0.872. The highest BCUT2D eigenvalue weighted by Crippen LogP contribution is 2.31. The molecule has 0 saturated carbocycles. The van der Waals surface area contributed by atoms with Gasteiger partial charge < -0.3 is 15.2 Å². The summed E-state index contributed by atoms with van der Waals surface area (Å²) in [6, 6.07) is 4.46. The minimum Gasteiger partial charge on any atom is -0.363 e. The third kappa shape index (κ3) is 2.13. The Kier molecular flexibility index (Phi) is 2.99. The SMILES string of the molecule is O=C(c1cn(C2CNC2)nn1)N1CCCC1c1ccc[nH]1. The van der Waals surface area contributed by atoms with Crippen molar-refractivity contribution >= 4 is 5.91 Å². The molecule has 2 aromatic rings. The van der Waals surface area contributed by atoms with Crippen LogP contribution in [0.25, 0.3) is 0 Å². The number of likely N-dealkylation sites (tertiary alicyclic amines) is 1. The summed E-state index contributed by atoms with van der Waals surface area (Å²) in [6.07, 6.45) is 5.69. The molecule has 0 bridgehead atoms. The number of hydrogen-bond acceptors (Lipinski definition) is 4. The minimum absolute atomic E-state index is 0.0226. The van der Waals surface area contributed by atoms with Crippen molar-refractivity contribution in [3.8, 4) is 0 Å². The van der Waals surface area contributed by atoms with E-state index in [4.69, 9.17) is 0 Å². The zero-order valence-electron chi connectivity index (χ0n) is 11.7. The fourth-order valence-corrected chi connectivity index (χ4v) is 3.05. The number of amides is 1. The van der Waals surface area contributed by atoms with Gasteiger partial charge in [0.2, 0.25) is 0 Å². The molecule has 1 amide bonds. The summed E-state index contributed by atoms with van der Waals surface area (Å²) in [6.45, 7) is 2.57. The molecule has 7 nitrogen and oxygen atoms in total. The average Bonchev–Trinajstić information content (AvgIpc) is 3.16. The Bertz CT molecular complexity index is 630. The molecule has 4 rings (SSSR count). The van der Waals surface area contributed by atoms with Crippen LogP contribution in [0.15, 0.2) is 24.5 Å². The summed E-state index contributed by atoms with van der Waals surface area (Å²) in [5.74, 6) is -0.0226. The van der Waals surface area contributed by atoms with Crippen LogP contribution in [0.5, 0.6) is 0 Å². The van der Waals surface area contributed by atoms with Crippen LogP contribution in [-0.2, 0) is 0 Å². The van der Waals surface area contributed by atoms with Gasteiger partial charge in [-0.25, -0.2) is 4.68 Å². The van der Waals surface area contributed by atoms with Crippen molar-refractivity contribution < 1.29 is 4.79 Å². The third-order valence-electron chi connectivity index (χ3n) is 4.36. The molecule has 0 aromatic carbocycles. The maximum absolute atomic E-state index is 12.7. The topological polar surface area (TPSA) is 78.8 Å². The Labute approximate surface area is 122 Å². The molecule has 2 aliphatic rings. The highest BCUT2D eigenvalue weighted by Gasteiger charge is 2.33. The van der Waals surface area contributed by atoms with Gasteiger partial charge in [-0.2, -0.15) is 0 Å². The van der Waals surface area contributed by atoms with Gasteiger partial charge in [-0.1, -0.05) is 5.21 Å². The lowest BCUT2D eigenvalue weighted by atomic mass is 10.1. The van der Waals surface area contributed by atoms with E-state index < -0.39 is 0 Å². The summed E-state index contributed by atoms with van der Waals surface area (Å²) in [5.41, 5.74) is 1.54. The van der Waals surface area contributed by atoms with Gasteiger partial charge in [0.05, 0.1) is 18.3 Å². The standard InChI is InChI=1S/C14H18N6O/c21-14(12-9-20(18-17-12)10-7-15-8-10)19-6-2-4-13(19)11-3-1-5-16-11/h1,3,5,9-10,13,15-16H,2,4,6-8H2. The second-order valence-electron chi connectivity index (χ2n) is 5.68. The number of rotatable bonds is 3. The van der Waals surface area contributed by atoms with E-state index in [1.807, 2.05) is 23.2 Å². The molecule has 4 heterocycles. The van der Waals surface area contributed by atoms with Crippen LogP contribution < -0.4 is 5.32 Å². The van der Waals surface area contributed by atoms with E-state index in [1.54, 1.807) is 10.9 Å². The summed E-state index contributed by atoms with van der Waals surface area (Å²) in [5, 5.41) is 11.3. The number of nitrogens with zero attached hydrogens (tertiary/aromatic N) is 4. The van der Waals surface area contributed by atoms with Crippen molar-refractivity contribution in [1.29, 1.82) is 0 Å². The fraction of sp³-hybridized carbons (Fsp3) is 0.500. The predicted molar refractivity (Wildman–Crippen MR) is 75.7 cm³/mol. The zero-order valence-corrected chi connectivity index (χ0v) is 11.7. The molecule has 110 valence electrons. The molecule has 0 spiro atoms. The van der Waals surface area contributed by atoms with Crippen molar-refractivity contribution in [3.05, 3.63) is 35.9 Å². The number of aromatic amines is 1. The largest absolute Gasteiger partial charge is 0.363 e. The van der Waals surface area contributed by atoms with E-state index in [9.17, 15) is 4.79 Å². The van der Waals surface area contributed by atoms with E-state index in [1.165, 1.54) is 0 Å². The predicted octanol–water partition coefficient (Wildman–Crippen LogP) is 0.728. The van der Waals surface area contributed by atoms with E-state index in [-0.39, 0.29) is 11.9 Å². The van der Waals surface area contributed by atoms with Crippen LogP contribution in [-0.4, -0.2) is 50.4 Å². The first-order valence-electron chi connectivity index (χ1n) is 7.40. The van der Waals surface area contributed by atoms with Gasteiger partial charge in [-0.15, -0.1) is 5.10 Å². The highest BCUT2D eigenvalue weighted by atomic mass is 16.2. The molecule has 0 radical (unpaired) electrons. The Morgan fingerprint density at radius 3 is 3.00 bits per heavy atom. The lowest BCUT2D eigenvalue weighted by Gasteiger charge is -2.26.